The molecule has 0 spiro atoms. The molecule has 19 heavy (non-hydrogen) atoms. The van der Waals surface area contributed by atoms with Crippen molar-refractivity contribution in [1.29, 1.82) is 0 Å². The van der Waals surface area contributed by atoms with Crippen LogP contribution in [0.4, 0.5) is 0 Å². The van der Waals surface area contributed by atoms with Gasteiger partial charge in [0.1, 0.15) is 0 Å². The molecule has 1 amide bonds. The summed E-state index contributed by atoms with van der Waals surface area (Å²) in [6, 6.07) is 0. The normalized spacial score (nSPS) is 19.1. The van der Waals surface area contributed by atoms with Gasteiger partial charge in [0.15, 0.2) is 0 Å². The molecule has 1 atom stereocenters. The topological polar surface area (TPSA) is 46.3 Å². The molecule has 1 aliphatic rings. The van der Waals surface area contributed by atoms with Crippen LogP contribution in [0.3, 0.4) is 0 Å². The third-order valence-corrected chi connectivity index (χ3v) is 5.07. The van der Waals surface area contributed by atoms with E-state index in [-0.39, 0.29) is 5.41 Å². The van der Waals surface area contributed by atoms with E-state index in [4.69, 9.17) is 5.73 Å². The lowest BCUT2D eigenvalue weighted by Gasteiger charge is -2.31. The number of nitrogens with zero attached hydrogens (tertiary/aromatic N) is 1. The molecule has 3 nitrogen and oxygen atoms in total. The fourth-order valence-corrected chi connectivity index (χ4v) is 3.55. The Hall–Kier alpha value is -0.220. The Morgan fingerprint density at radius 2 is 2.00 bits per heavy atom. The number of amides is 1. The summed E-state index contributed by atoms with van der Waals surface area (Å²) in [5, 5.41) is 0. The van der Waals surface area contributed by atoms with Gasteiger partial charge in [0, 0.05) is 25.3 Å². The van der Waals surface area contributed by atoms with Crippen molar-refractivity contribution in [2.45, 2.75) is 46.5 Å². The summed E-state index contributed by atoms with van der Waals surface area (Å²) in [4.78, 5) is 14.3. The molecule has 1 heterocycles. The van der Waals surface area contributed by atoms with Crippen LogP contribution in [-0.2, 0) is 4.79 Å². The predicted molar refractivity (Wildman–Crippen MR) is 84.4 cm³/mol. The van der Waals surface area contributed by atoms with Gasteiger partial charge in [-0.3, -0.25) is 4.79 Å². The zero-order valence-electron chi connectivity index (χ0n) is 12.8. The Morgan fingerprint density at radius 1 is 1.26 bits per heavy atom. The van der Waals surface area contributed by atoms with Gasteiger partial charge in [0.05, 0.1) is 0 Å². The molecular weight excluding hydrogens is 256 g/mol. The second-order valence-corrected chi connectivity index (χ2v) is 7.75. The van der Waals surface area contributed by atoms with Gasteiger partial charge in [-0.05, 0) is 42.9 Å². The van der Waals surface area contributed by atoms with Gasteiger partial charge >= 0.3 is 0 Å². The van der Waals surface area contributed by atoms with Crippen molar-refractivity contribution in [2.75, 3.05) is 31.1 Å². The minimum Gasteiger partial charge on any atom is -0.342 e. The van der Waals surface area contributed by atoms with Gasteiger partial charge in [0.2, 0.25) is 5.91 Å². The highest BCUT2D eigenvalue weighted by atomic mass is 32.2. The van der Waals surface area contributed by atoms with E-state index in [9.17, 15) is 4.79 Å². The molecule has 2 N–H and O–H groups in total. The molecule has 0 aromatic carbocycles. The lowest BCUT2D eigenvalue weighted by Crippen LogP contribution is -2.34. The molecule has 112 valence electrons. The van der Waals surface area contributed by atoms with Gasteiger partial charge in [-0.1, -0.05) is 20.8 Å². The summed E-state index contributed by atoms with van der Waals surface area (Å²) < 4.78 is 0. The molecule has 1 saturated heterocycles. The summed E-state index contributed by atoms with van der Waals surface area (Å²) in [5.74, 6) is 3.18. The van der Waals surface area contributed by atoms with Gasteiger partial charge < -0.3 is 10.6 Å². The molecule has 1 unspecified atom stereocenters. The van der Waals surface area contributed by atoms with Crippen molar-refractivity contribution in [3.8, 4) is 0 Å². The van der Waals surface area contributed by atoms with Crippen molar-refractivity contribution in [1.82, 2.24) is 4.90 Å². The first-order valence-corrected chi connectivity index (χ1v) is 8.66. The Bertz CT molecular complexity index is 268. The van der Waals surface area contributed by atoms with Crippen LogP contribution < -0.4 is 5.73 Å². The molecular formula is C15H30N2OS. The van der Waals surface area contributed by atoms with Crippen LogP contribution in [0.25, 0.3) is 0 Å². The summed E-state index contributed by atoms with van der Waals surface area (Å²) in [7, 11) is 0. The highest BCUT2D eigenvalue weighted by Crippen LogP contribution is 2.32. The van der Waals surface area contributed by atoms with Crippen LogP contribution in [0.1, 0.15) is 46.5 Å². The first-order valence-electron chi connectivity index (χ1n) is 7.50. The Kier molecular flexibility index (Phi) is 7.22. The zero-order chi connectivity index (χ0) is 14.3. The fraction of sp³-hybridized carbons (Fsp3) is 0.933. The van der Waals surface area contributed by atoms with Crippen LogP contribution in [0.15, 0.2) is 0 Å². The highest BCUT2D eigenvalue weighted by Gasteiger charge is 2.25. The molecule has 0 aromatic heterocycles. The van der Waals surface area contributed by atoms with Crippen LogP contribution >= 0.6 is 11.8 Å². The zero-order valence-corrected chi connectivity index (χ0v) is 13.6. The van der Waals surface area contributed by atoms with Crippen LogP contribution in [0.5, 0.6) is 0 Å². The van der Waals surface area contributed by atoms with Crippen LogP contribution in [0, 0.1) is 11.3 Å². The molecule has 0 saturated carbocycles. The minimum atomic E-state index is 0.244. The summed E-state index contributed by atoms with van der Waals surface area (Å²) >= 11 is 1.96. The van der Waals surface area contributed by atoms with Crippen molar-refractivity contribution in [3.05, 3.63) is 0 Å². The van der Waals surface area contributed by atoms with Crippen molar-refractivity contribution in [3.63, 3.8) is 0 Å². The van der Waals surface area contributed by atoms with Crippen molar-refractivity contribution >= 4 is 17.7 Å². The average Bonchev–Trinajstić information content (AvgIpc) is 2.61. The molecule has 1 aliphatic heterocycles. The maximum atomic E-state index is 12.3. The van der Waals surface area contributed by atoms with Gasteiger partial charge in [-0.15, -0.1) is 0 Å². The minimum absolute atomic E-state index is 0.244. The number of rotatable bonds is 5. The standard InChI is InChI=1S/C15H30N2OS/c1-15(2,3)13(7-8-16)5-6-14(18)17-9-4-11-19-12-10-17/h13H,4-12,16H2,1-3H3. The summed E-state index contributed by atoms with van der Waals surface area (Å²) in [6.07, 6.45) is 3.82. The molecule has 1 fully saturated rings. The molecule has 0 radical (unpaired) electrons. The molecule has 0 aliphatic carbocycles. The first-order chi connectivity index (χ1) is 8.95. The summed E-state index contributed by atoms with van der Waals surface area (Å²) in [6.45, 7) is 9.35. The lowest BCUT2D eigenvalue weighted by molar-refractivity contribution is -0.131. The SMILES string of the molecule is CC(C)(C)C(CCN)CCC(=O)N1CCCSCC1. The van der Waals surface area contributed by atoms with Crippen LogP contribution in [0.2, 0.25) is 0 Å². The van der Waals surface area contributed by atoms with Crippen LogP contribution in [-0.4, -0.2) is 41.9 Å². The number of carbonyl (C=O) groups is 1. The second-order valence-electron chi connectivity index (χ2n) is 6.53. The highest BCUT2D eigenvalue weighted by molar-refractivity contribution is 7.99. The van der Waals surface area contributed by atoms with E-state index < -0.39 is 0 Å². The number of hydrogen-bond acceptors (Lipinski definition) is 3. The quantitative estimate of drug-likeness (QED) is 0.845. The smallest absolute Gasteiger partial charge is 0.222 e. The molecule has 0 bridgehead atoms. The van der Waals surface area contributed by atoms with E-state index in [0.717, 1.165) is 44.6 Å². The number of nitrogens with two attached hydrogens (primary N) is 1. The van der Waals surface area contributed by atoms with E-state index in [1.165, 1.54) is 5.75 Å². The van der Waals surface area contributed by atoms with Crippen molar-refractivity contribution < 1.29 is 4.79 Å². The second kappa shape index (κ2) is 8.15. The monoisotopic (exact) mass is 286 g/mol. The van der Waals surface area contributed by atoms with E-state index in [1.807, 2.05) is 11.8 Å². The molecule has 0 aromatic rings. The Labute approximate surface area is 122 Å². The van der Waals surface area contributed by atoms with Gasteiger partial charge in [-0.2, -0.15) is 11.8 Å². The third kappa shape index (κ3) is 6.17. The van der Waals surface area contributed by atoms with Gasteiger partial charge in [-0.25, -0.2) is 0 Å². The fourth-order valence-electron chi connectivity index (χ4n) is 2.66. The van der Waals surface area contributed by atoms with Gasteiger partial charge in [0.25, 0.3) is 0 Å². The maximum Gasteiger partial charge on any atom is 0.222 e. The largest absolute Gasteiger partial charge is 0.342 e. The Balaban J connectivity index is 2.42. The van der Waals surface area contributed by atoms with E-state index in [2.05, 4.69) is 25.7 Å². The van der Waals surface area contributed by atoms with E-state index in [0.29, 0.717) is 18.2 Å². The molecule has 4 heteroatoms. The first kappa shape index (κ1) is 16.8. The van der Waals surface area contributed by atoms with E-state index >= 15 is 0 Å². The maximum absolute atomic E-state index is 12.3. The van der Waals surface area contributed by atoms with E-state index in [1.54, 1.807) is 0 Å². The lowest BCUT2D eigenvalue weighted by atomic mass is 9.76. The average molecular weight is 286 g/mol. The molecule has 1 rings (SSSR count). The number of thioether (sulfide) groups is 1. The Morgan fingerprint density at radius 3 is 2.63 bits per heavy atom. The number of carbonyl (C=O) groups excluding carboxylic acids is 1. The summed E-state index contributed by atoms with van der Waals surface area (Å²) in [5.41, 5.74) is 5.94. The number of hydrogen-bond donors (Lipinski definition) is 1. The predicted octanol–water partition coefficient (Wildman–Crippen LogP) is 2.74. The van der Waals surface area contributed by atoms with Crippen molar-refractivity contribution in [2.24, 2.45) is 17.1 Å². The third-order valence-electron chi connectivity index (χ3n) is 4.02.